The normalized spacial score (nSPS) is 17.9. The summed E-state index contributed by atoms with van der Waals surface area (Å²) in [5, 5.41) is 0. The molecule has 188 valence electrons. The second-order valence-electron chi connectivity index (χ2n) is 9.02. The Bertz CT molecular complexity index is 1030. The van der Waals surface area contributed by atoms with Crippen molar-refractivity contribution in [1.29, 1.82) is 0 Å². The van der Waals surface area contributed by atoms with E-state index in [0.29, 0.717) is 38.3 Å². The van der Waals surface area contributed by atoms with Crippen LogP contribution in [0.4, 0.5) is 4.79 Å². The van der Waals surface area contributed by atoms with Crippen LogP contribution in [-0.2, 0) is 22.6 Å². The number of hydrogen-bond acceptors (Lipinski definition) is 6. The number of urea groups is 1. The monoisotopic (exact) mass is 481 g/mol. The molecule has 4 rings (SSSR count). The van der Waals surface area contributed by atoms with Gasteiger partial charge in [0.15, 0.2) is 0 Å². The number of benzene rings is 2. The minimum absolute atomic E-state index is 0.115. The third-order valence-electron chi connectivity index (χ3n) is 6.97. The molecule has 8 heteroatoms. The Morgan fingerprint density at radius 2 is 1.74 bits per heavy atom. The maximum atomic E-state index is 13.8. The molecular weight excluding hydrogens is 446 g/mol. The fraction of sp³-hybridized carbons (Fsp3) is 0.481. The molecule has 0 unspecified atom stereocenters. The zero-order valence-electron chi connectivity index (χ0n) is 20.9. The molecule has 1 spiro atoms. The first-order valence-corrected chi connectivity index (χ1v) is 12.2. The van der Waals surface area contributed by atoms with Crippen LogP contribution in [0.5, 0.6) is 11.5 Å². The standard InChI is InChI=1S/C27H35N3O5/c1-4-35-24-11-6-5-9-22(24)20-28-14-12-27(13-15-28)25(31)29(26(32)30(27)16-17-33-2)19-21-8-7-10-23(18-21)34-3/h5-11,18H,4,12-17,19-20H2,1-3H3. The van der Waals surface area contributed by atoms with E-state index >= 15 is 0 Å². The molecule has 0 aromatic heterocycles. The van der Waals surface area contributed by atoms with E-state index in [1.54, 1.807) is 19.1 Å². The van der Waals surface area contributed by atoms with Gasteiger partial charge in [-0.15, -0.1) is 0 Å². The van der Waals surface area contributed by atoms with E-state index in [0.717, 1.165) is 36.5 Å². The predicted molar refractivity (Wildman–Crippen MR) is 132 cm³/mol. The summed E-state index contributed by atoms with van der Waals surface area (Å²) in [6, 6.07) is 15.3. The van der Waals surface area contributed by atoms with Gasteiger partial charge < -0.3 is 19.1 Å². The lowest BCUT2D eigenvalue weighted by Gasteiger charge is -2.42. The topological polar surface area (TPSA) is 71.6 Å². The number of carbonyl (C=O) groups excluding carboxylic acids is 2. The van der Waals surface area contributed by atoms with Crippen molar-refractivity contribution in [3.05, 3.63) is 59.7 Å². The zero-order valence-corrected chi connectivity index (χ0v) is 20.9. The Morgan fingerprint density at radius 1 is 0.971 bits per heavy atom. The van der Waals surface area contributed by atoms with Gasteiger partial charge >= 0.3 is 6.03 Å². The van der Waals surface area contributed by atoms with Gasteiger partial charge in [0, 0.05) is 38.9 Å². The molecule has 2 heterocycles. The van der Waals surface area contributed by atoms with Gasteiger partial charge in [0.1, 0.15) is 17.0 Å². The second kappa shape index (κ2) is 11.1. The Morgan fingerprint density at radius 3 is 2.46 bits per heavy atom. The Labute approximate surface area is 207 Å². The van der Waals surface area contributed by atoms with Gasteiger partial charge in [-0.2, -0.15) is 0 Å². The van der Waals surface area contributed by atoms with Gasteiger partial charge in [-0.05, 0) is 43.5 Å². The molecule has 0 bridgehead atoms. The summed E-state index contributed by atoms with van der Waals surface area (Å²) in [5.41, 5.74) is 1.17. The van der Waals surface area contributed by atoms with Crippen molar-refractivity contribution < 1.29 is 23.8 Å². The summed E-state index contributed by atoms with van der Waals surface area (Å²) in [7, 11) is 3.22. The summed E-state index contributed by atoms with van der Waals surface area (Å²) < 4.78 is 16.4. The van der Waals surface area contributed by atoms with Crippen LogP contribution in [0.1, 0.15) is 30.9 Å². The number of para-hydroxylation sites is 1. The molecular formula is C27H35N3O5. The van der Waals surface area contributed by atoms with E-state index in [9.17, 15) is 9.59 Å². The van der Waals surface area contributed by atoms with E-state index < -0.39 is 5.54 Å². The predicted octanol–water partition coefficient (Wildman–Crippen LogP) is 3.54. The quantitative estimate of drug-likeness (QED) is 0.484. The lowest BCUT2D eigenvalue weighted by atomic mass is 9.85. The summed E-state index contributed by atoms with van der Waals surface area (Å²) in [6.07, 6.45) is 1.18. The molecule has 35 heavy (non-hydrogen) atoms. The fourth-order valence-corrected chi connectivity index (χ4v) is 5.10. The molecule has 3 amide bonds. The molecule has 0 atom stereocenters. The molecule has 2 aromatic rings. The number of nitrogens with zero attached hydrogens (tertiary/aromatic N) is 3. The lowest BCUT2D eigenvalue weighted by molar-refractivity contribution is -0.136. The van der Waals surface area contributed by atoms with E-state index in [1.165, 1.54) is 4.90 Å². The molecule has 8 nitrogen and oxygen atoms in total. The van der Waals surface area contributed by atoms with Gasteiger partial charge in [0.2, 0.25) is 0 Å². The molecule has 0 radical (unpaired) electrons. The van der Waals surface area contributed by atoms with Crippen LogP contribution in [0.25, 0.3) is 0 Å². The molecule has 2 fully saturated rings. The largest absolute Gasteiger partial charge is 0.497 e. The van der Waals surface area contributed by atoms with Crippen LogP contribution in [0.2, 0.25) is 0 Å². The van der Waals surface area contributed by atoms with Crippen molar-refractivity contribution in [2.45, 2.75) is 38.4 Å². The summed E-state index contributed by atoms with van der Waals surface area (Å²) in [5.74, 6) is 1.48. The summed E-state index contributed by atoms with van der Waals surface area (Å²) >= 11 is 0. The number of imide groups is 1. The minimum Gasteiger partial charge on any atom is -0.497 e. The van der Waals surface area contributed by atoms with Crippen molar-refractivity contribution in [1.82, 2.24) is 14.7 Å². The highest BCUT2D eigenvalue weighted by Gasteiger charge is 2.57. The first-order chi connectivity index (χ1) is 17.0. The van der Waals surface area contributed by atoms with Crippen molar-refractivity contribution in [3.63, 3.8) is 0 Å². The highest BCUT2D eigenvalue weighted by molar-refractivity contribution is 6.07. The van der Waals surface area contributed by atoms with Crippen molar-refractivity contribution in [3.8, 4) is 11.5 Å². The molecule has 2 aliphatic rings. The average molecular weight is 482 g/mol. The van der Waals surface area contributed by atoms with Gasteiger partial charge in [-0.3, -0.25) is 14.6 Å². The van der Waals surface area contributed by atoms with E-state index in [4.69, 9.17) is 14.2 Å². The van der Waals surface area contributed by atoms with Crippen molar-refractivity contribution >= 4 is 11.9 Å². The van der Waals surface area contributed by atoms with E-state index in [1.807, 2.05) is 49.4 Å². The van der Waals surface area contributed by atoms with Crippen molar-refractivity contribution in [2.24, 2.45) is 0 Å². The molecule has 2 saturated heterocycles. The lowest BCUT2D eigenvalue weighted by Crippen LogP contribution is -2.57. The number of ether oxygens (including phenoxy) is 3. The van der Waals surface area contributed by atoms with Crippen LogP contribution < -0.4 is 9.47 Å². The summed E-state index contributed by atoms with van der Waals surface area (Å²) in [6.45, 7) is 5.80. The smallest absolute Gasteiger partial charge is 0.328 e. The number of piperidine rings is 1. The van der Waals surface area contributed by atoms with Gasteiger partial charge in [0.05, 0.1) is 26.9 Å². The maximum Gasteiger partial charge on any atom is 0.328 e. The van der Waals surface area contributed by atoms with Gasteiger partial charge in [-0.1, -0.05) is 30.3 Å². The number of likely N-dealkylation sites (tertiary alicyclic amines) is 1. The number of methoxy groups -OCH3 is 2. The number of carbonyl (C=O) groups is 2. The summed E-state index contributed by atoms with van der Waals surface area (Å²) in [4.78, 5) is 32.7. The number of amides is 3. The maximum absolute atomic E-state index is 13.8. The Kier molecular flexibility index (Phi) is 7.93. The Hall–Kier alpha value is -3.10. The highest BCUT2D eigenvalue weighted by Crippen LogP contribution is 2.38. The number of rotatable bonds is 10. The van der Waals surface area contributed by atoms with Crippen LogP contribution >= 0.6 is 0 Å². The molecule has 0 aliphatic carbocycles. The molecule has 0 saturated carbocycles. The second-order valence-corrected chi connectivity index (χ2v) is 9.02. The van der Waals surface area contributed by atoms with Crippen LogP contribution in [-0.4, -0.2) is 79.2 Å². The van der Waals surface area contributed by atoms with E-state index in [2.05, 4.69) is 11.0 Å². The van der Waals surface area contributed by atoms with Crippen LogP contribution in [0, 0.1) is 0 Å². The minimum atomic E-state index is -0.829. The molecule has 2 aliphatic heterocycles. The first-order valence-electron chi connectivity index (χ1n) is 12.2. The van der Waals surface area contributed by atoms with E-state index in [-0.39, 0.29) is 18.5 Å². The van der Waals surface area contributed by atoms with Gasteiger partial charge in [-0.25, -0.2) is 4.79 Å². The first kappa shape index (κ1) is 25.0. The fourth-order valence-electron chi connectivity index (χ4n) is 5.10. The molecule has 2 aromatic carbocycles. The Balaban J connectivity index is 1.51. The third kappa shape index (κ3) is 5.13. The number of hydrogen-bond donors (Lipinski definition) is 0. The zero-order chi connectivity index (χ0) is 24.8. The van der Waals surface area contributed by atoms with Gasteiger partial charge in [0.25, 0.3) is 5.91 Å². The van der Waals surface area contributed by atoms with Crippen molar-refractivity contribution in [2.75, 3.05) is 47.1 Å². The SMILES string of the molecule is CCOc1ccccc1CN1CCC2(CC1)C(=O)N(Cc1cccc(OC)c1)C(=O)N2CCOC. The third-order valence-corrected chi connectivity index (χ3v) is 6.97. The van der Waals surface area contributed by atoms with Crippen LogP contribution in [0.3, 0.4) is 0 Å². The molecule has 0 N–H and O–H groups in total. The van der Waals surface area contributed by atoms with Crippen LogP contribution in [0.15, 0.2) is 48.5 Å². The average Bonchev–Trinajstić information content (AvgIpc) is 3.06. The highest BCUT2D eigenvalue weighted by atomic mass is 16.5.